The maximum Gasteiger partial charge on any atom is 0.334 e. The predicted octanol–water partition coefficient (Wildman–Crippen LogP) is 4.66. The minimum atomic E-state index is -0.205. The van der Waals surface area contributed by atoms with Gasteiger partial charge in [-0.05, 0) is 31.5 Å². The molecule has 4 aromatic rings. The molecule has 0 N–H and O–H groups in total. The Morgan fingerprint density at radius 3 is 2.67 bits per heavy atom. The maximum absolute atomic E-state index is 13.3. The summed E-state index contributed by atoms with van der Waals surface area (Å²) in [5.74, 6) is 1.22. The van der Waals surface area contributed by atoms with E-state index in [1.165, 1.54) is 5.57 Å². The van der Waals surface area contributed by atoms with Gasteiger partial charge in [-0.25, -0.2) is 14.3 Å². The molecule has 0 unspecified atom stereocenters. The molecule has 5 rings (SSSR count). The van der Waals surface area contributed by atoms with E-state index in [9.17, 15) is 4.79 Å². The molecule has 3 aromatic heterocycles. The van der Waals surface area contributed by atoms with Gasteiger partial charge in [-0.2, -0.15) is 0 Å². The van der Waals surface area contributed by atoms with E-state index in [1.807, 2.05) is 38.3 Å². The Hall–Kier alpha value is -3.71. The van der Waals surface area contributed by atoms with E-state index in [2.05, 4.69) is 21.0 Å². The monoisotopic (exact) mass is 459 g/mol. The first-order valence-corrected chi connectivity index (χ1v) is 10.8. The van der Waals surface area contributed by atoms with Crippen molar-refractivity contribution >= 4 is 45.3 Å². The van der Waals surface area contributed by atoms with E-state index in [0.29, 0.717) is 34.2 Å². The summed E-state index contributed by atoms with van der Waals surface area (Å²) in [7, 11) is 3.37. The van der Waals surface area contributed by atoms with Crippen LogP contribution in [-0.4, -0.2) is 39.0 Å². The number of ether oxygens (including phenoxy) is 1. The Morgan fingerprint density at radius 2 is 1.91 bits per heavy atom. The van der Waals surface area contributed by atoms with Gasteiger partial charge < -0.3 is 4.74 Å². The van der Waals surface area contributed by atoms with Crippen LogP contribution in [0.3, 0.4) is 0 Å². The van der Waals surface area contributed by atoms with Crippen molar-refractivity contribution in [1.82, 2.24) is 19.1 Å². The topological polar surface area (TPSA) is 74.3 Å². The molecule has 0 amide bonds. The Labute approximate surface area is 195 Å². The molecule has 8 heteroatoms. The standard InChI is InChI=1S/C25H22ClN5O2/c1-14-5-6-16(11-27-10-14)18-8-19-20(9-22(18)33-4)28-13-21-23(19)31(25(32)30(21)3)24-15(2)7-17(26)12-29-24/h5-9,11-13H,10H2,1-4H3. The number of hydrogen-bond acceptors (Lipinski definition) is 5. The average molecular weight is 460 g/mol. The zero-order valence-electron chi connectivity index (χ0n) is 18.8. The molecule has 0 saturated heterocycles. The number of aliphatic imine (C=N–C) groups is 1. The van der Waals surface area contributed by atoms with Crippen LogP contribution in [0, 0.1) is 6.92 Å². The highest BCUT2D eigenvalue weighted by Crippen LogP contribution is 2.34. The molecule has 1 aliphatic heterocycles. The van der Waals surface area contributed by atoms with Gasteiger partial charge in [0.25, 0.3) is 0 Å². The first-order valence-electron chi connectivity index (χ1n) is 10.5. The second kappa shape index (κ2) is 8.01. The third-order valence-electron chi connectivity index (χ3n) is 5.86. The lowest BCUT2D eigenvalue weighted by atomic mass is 10.0. The second-order valence-corrected chi connectivity index (χ2v) is 8.57. The summed E-state index contributed by atoms with van der Waals surface area (Å²) >= 11 is 6.12. The lowest BCUT2D eigenvalue weighted by Crippen LogP contribution is -2.22. The molecule has 0 fully saturated rings. The van der Waals surface area contributed by atoms with E-state index >= 15 is 0 Å². The molecular weight excluding hydrogens is 438 g/mol. The van der Waals surface area contributed by atoms with Crippen molar-refractivity contribution in [3.05, 3.63) is 75.0 Å². The molecule has 1 aromatic carbocycles. The molecule has 0 spiro atoms. The number of nitrogens with zero attached hydrogens (tertiary/aromatic N) is 5. The number of fused-ring (bicyclic) bond motifs is 3. The van der Waals surface area contributed by atoms with Crippen molar-refractivity contribution in [1.29, 1.82) is 0 Å². The summed E-state index contributed by atoms with van der Waals surface area (Å²) in [6, 6.07) is 5.70. The minimum Gasteiger partial charge on any atom is -0.496 e. The molecule has 33 heavy (non-hydrogen) atoms. The highest BCUT2D eigenvalue weighted by atomic mass is 35.5. The van der Waals surface area contributed by atoms with Gasteiger partial charge in [0.2, 0.25) is 0 Å². The average Bonchev–Trinajstić information content (AvgIpc) is 2.93. The van der Waals surface area contributed by atoms with Gasteiger partial charge in [0.15, 0.2) is 0 Å². The fourth-order valence-corrected chi connectivity index (χ4v) is 4.37. The third-order valence-corrected chi connectivity index (χ3v) is 6.07. The largest absolute Gasteiger partial charge is 0.496 e. The summed E-state index contributed by atoms with van der Waals surface area (Å²) in [6.45, 7) is 4.59. The molecule has 166 valence electrons. The van der Waals surface area contributed by atoms with Crippen molar-refractivity contribution in [3.8, 4) is 11.6 Å². The molecule has 4 heterocycles. The number of methoxy groups -OCH3 is 1. The number of hydrogen-bond donors (Lipinski definition) is 0. The third kappa shape index (κ3) is 3.45. The van der Waals surface area contributed by atoms with Crippen molar-refractivity contribution in [2.75, 3.05) is 13.7 Å². The van der Waals surface area contributed by atoms with E-state index in [1.54, 1.807) is 41.8 Å². The van der Waals surface area contributed by atoms with Crippen molar-refractivity contribution in [2.24, 2.45) is 12.0 Å². The number of imidazole rings is 1. The van der Waals surface area contributed by atoms with Gasteiger partial charge in [0, 0.05) is 42.0 Å². The van der Waals surface area contributed by atoms with Crippen LogP contribution in [0.4, 0.5) is 0 Å². The zero-order chi connectivity index (χ0) is 23.3. The molecule has 0 aliphatic carbocycles. The fraction of sp³-hybridized carbons (Fsp3) is 0.200. The summed E-state index contributed by atoms with van der Waals surface area (Å²) in [6.07, 6.45) is 9.20. The van der Waals surface area contributed by atoms with Crippen LogP contribution in [0.15, 0.2) is 58.1 Å². The van der Waals surface area contributed by atoms with Crippen molar-refractivity contribution < 1.29 is 4.74 Å². The van der Waals surface area contributed by atoms with Crippen LogP contribution in [0.1, 0.15) is 18.1 Å². The molecule has 0 saturated carbocycles. The number of rotatable bonds is 3. The fourth-order valence-electron chi connectivity index (χ4n) is 4.16. The second-order valence-electron chi connectivity index (χ2n) is 8.14. The van der Waals surface area contributed by atoms with Crippen LogP contribution in [0.2, 0.25) is 5.02 Å². The van der Waals surface area contributed by atoms with Crippen LogP contribution in [0.25, 0.3) is 33.3 Å². The van der Waals surface area contributed by atoms with Crippen molar-refractivity contribution in [3.63, 3.8) is 0 Å². The normalized spacial score (nSPS) is 13.8. The highest BCUT2D eigenvalue weighted by molar-refractivity contribution is 6.30. The van der Waals surface area contributed by atoms with Crippen LogP contribution < -0.4 is 10.4 Å². The van der Waals surface area contributed by atoms with Crippen molar-refractivity contribution in [2.45, 2.75) is 13.8 Å². The summed E-state index contributed by atoms with van der Waals surface area (Å²) in [5.41, 5.74) is 5.72. The number of aryl methyl sites for hydroxylation is 2. The van der Waals surface area contributed by atoms with Gasteiger partial charge in [-0.3, -0.25) is 14.5 Å². The summed E-state index contributed by atoms with van der Waals surface area (Å²) in [5, 5.41) is 1.34. The van der Waals surface area contributed by atoms with Gasteiger partial charge in [0.1, 0.15) is 11.6 Å². The first-order chi connectivity index (χ1) is 15.9. The Bertz CT molecular complexity index is 1590. The van der Waals surface area contributed by atoms with Gasteiger partial charge in [-0.15, -0.1) is 0 Å². The van der Waals surface area contributed by atoms with Gasteiger partial charge in [-0.1, -0.05) is 29.3 Å². The van der Waals surface area contributed by atoms with Crippen LogP contribution in [-0.2, 0) is 7.05 Å². The van der Waals surface area contributed by atoms with Gasteiger partial charge >= 0.3 is 5.69 Å². The molecule has 0 bridgehead atoms. The van der Waals surface area contributed by atoms with Crippen LogP contribution >= 0.6 is 11.6 Å². The number of benzene rings is 1. The number of allylic oxidation sites excluding steroid dienone is 3. The minimum absolute atomic E-state index is 0.205. The molecule has 0 atom stereocenters. The Kier molecular flexibility index (Phi) is 5.13. The molecule has 1 aliphatic rings. The smallest absolute Gasteiger partial charge is 0.334 e. The SMILES string of the molecule is COc1cc2ncc3c(c2cc1C1=CC=C(C)CN=C1)n(-c1ncc(Cl)cc1C)c(=O)n3C. The van der Waals surface area contributed by atoms with Crippen LogP contribution in [0.5, 0.6) is 5.75 Å². The molecular formula is C25H22ClN5O2. The quantitative estimate of drug-likeness (QED) is 0.446. The zero-order valence-corrected chi connectivity index (χ0v) is 19.5. The Morgan fingerprint density at radius 1 is 1.09 bits per heavy atom. The number of halogens is 1. The number of pyridine rings is 2. The molecule has 7 nitrogen and oxygen atoms in total. The predicted molar refractivity (Wildman–Crippen MR) is 133 cm³/mol. The summed E-state index contributed by atoms with van der Waals surface area (Å²) < 4.78 is 8.91. The first kappa shape index (κ1) is 21.2. The lowest BCUT2D eigenvalue weighted by molar-refractivity contribution is 0.414. The van der Waals surface area contributed by atoms with E-state index in [-0.39, 0.29) is 5.69 Å². The maximum atomic E-state index is 13.3. The van der Waals surface area contributed by atoms with E-state index < -0.39 is 0 Å². The summed E-state index contributed by atoms with van der Waals surface area (Å²) in [4.78, 5) is 26.9. The number of aromatic nitrogens is 4. The lowest BCUT2D eigenvalue weighted by Gasteiger charge is -2.13. The highest BCUT2D eigenvalue weighted by Gasteiger charge is 2.20. The van der Waals surface area contributed by atoms with E-state index in [0.717, 1.165) is 27.6 Å². The van der Waals surface area contributed by atoms with E-state index in [4.69, 9.17) is 16.3 Å². The van der Waals surface area contributed by atoms with Gasteiger partial charge in [0.05, 0.1) is 41.4 Å². The Balaban J connectivity index is 1.90. The molecule has 0 radical (unpaired) electrons.